The molecule has 0 spiro atoms. The van der Waals surface area contributed by atoms with Crippen LogP contribution in [0.5, 0.6) is 0 Å². The van der Waals surface area contributed by atoms with Crippen molar-refractivity contribution in [1.82, 2.24) is 20.0 Å². The fraction of sp³-hybridized carbons (Fsp3) is 0.722. The molecule has 3 unspecified atom stereocenters. The molecule has 3 atom stereocenters. The predicted molar refractivity (Wildman–Crippen MR) is 97.6 cm³/mol. The van der Waals surface area contributed by atoms with Gasteiger partial charge in [-0.2, -0.15) is 5.10 Å². The molecule has 3 amide bonds. The lowest BCUT2D eigenvalue weighted by Gasteiger charge is -2.42. The minimum absolute atomic E-state index is 0.00756. The van der Waals surface area contributed by atoms with Gasteiger partial charge in [0.15, 0.2) is 0 Å². The zero-order valence-corrected chi connectivity index (χ0v) is 16.0. The molecule has 0 aliphatic carbocycles. The minimum Gasteiger partial charge on any atom is -0.391 e. The largest absolute Gasteiger partial charge is 0.391 e. The zero-order valence-electron chi connectivity index (χ0n) is 16.0. The van der Waals surface area contributed by atoms with E-state index in [9.17, 15) is 14.7 Å². The highest BCUT2D eigenvalue weighted by Crippen LogP contribution is 2.34. The van der Waals surface area contributed by atoms with Crippen molar-refractivity contribution in [2.75, 3.05) is 24.5 Å². The second kappa shape index (κ2) is 6.90. The second-order valence-electron chi connectivity index (χ2n) is 8.43. The van der Waals surface area contributed by atoms with Crippen LogP contribution >= 0.6 is 0 Å². The zero-order chi connectivity index (χ0) is 19.1. The van der Waals surface area contributed by atoms with Gasteiger partial charge in [0, 0.05) is 32.9 Å². The summed E-state index contributed by atoms with van der Waals surface area (Å²) in [6, 6.07) is -0.803. The third-order valence-electron chi connectivity index (χ3n) is 5.49. The van der Waals surface area contributed by atoms with E-state index in [2.05, 4.69) is 31.2 Å². The summed E-state index contributed by atoms with van der Waals surface area (Å²) in [5.74, 6) is 0.0530. The lowest BCUT2D eigenvalue weighted by Crippen LogP contribution is -2.55. The normalized spacial score (nSPS) is 27.1. The summed E-state index contributed by atoms with van der Waals surface area (Å²) in [5.41, 5.74) is 0.754. The Kier molecular flexibility index (Phi) is 4.96. The van der Waals surface area contributed by atoms with Crippen LogP contribution in [0.25, 0.3) is 0 Å². The molecule has 26 heavy (non-hydrogen) atoms. The van der Waals surface area contributed by atoms with E-state index in [1.54, 1.807) is 33.9 Å². The van der Waals surface area contributed by atoms with Crippen LogP contribution in [0.15, 0.2) is 12.4 Å². The molecule has 2 fully saturated rings. The Morgan fingerprint density at radius 2 is 2.04 bits per heavy atom. The highest BCUT2D eigenvalue weighted by atomic mass is 16.3. The van der Waals surface area contributed by atoms with Crippen LogP contribution in [0.2, 0.25) is 0 Å². The molecule has 0 radical (unpaired) electrons. The van der Waals surface area contributed by atoms with Crippen molar-refractivity contribution in [3.63, 3.8) is 0 Å². The number of β-amino-alcohol motifs (C(OH)–C–C–N with tert-alkyl or cyclic N) is 1. The minimum atomic E-state index is -0.541. The van der Waals surface area contributed by atoms with Crippen molar-refractivity contribution in [2.45, 2.75) is 45.8 Å². The van der Waals surface area contributed by atoms with Crippen LogP contribution in [-0.4, -0.2) is 63.5 Å². The molecule has 2 aliphatic rings. The van der Waals surface area contributed by atoms with E-state index in [-0.39, 0.29) is 23.3 Å². The Morgan fingerprint density at radius 1 is 1.31 bits per heavy atom. The summed E-state index contributed by atoms with van der Waals surface area (Å²) in [6.07, 6.45) is 4.23. The van der Waals surface area contributed by atoms with Crippen LogP contribution < -0.4 is 10.2 Å². The first-order valence-electron chi connectivity index (χ1n) is 9.20. The number of aryl methyl sites for hydroxylation is 1. The van der Waals surface area contributed by atoms with Crippen LogP contribution in [0, 0.1) is 11.3 Å². The molecular weight excluding hydrogens is 334 g/mol. The van der Waals surface area contributed by atoms with Gasteiger partial charge in [0.2, 0.25) is 5.91 Å². The number of amides is 3. The van der Waals surface area contributed by atoms with Gasteiger partial charge in [-0.3, -0.25) is 9.48 Å². The molecule has 2 N–H and O–H groups in total. The van der Waals surface area contributed by atoms with E-state index in [4.69, 9.17) is 0 Å². The van der Waals surface area contributed by atoms with Crippen molar-refractivity contribution in [2.24, 2.45) is 18.4 Å². The van der Waals surface area contributed by atoms with Gasteiger partial charge in [-0.15, -0.1) is 0 Å². The number of aliphatic hydroxyl groups is 1. The number of hydrogen-bond donors (Lipinski definition) is 2. The van der Waals surface area contributed by atoms with E-state index in [0.29, 0.717) is 26.1 Å². The lowest BCUT2D eigenvalue weighted by molar-refractivity contribution is -0.118. The number of carbonyl (C=O) groups is 2. The second-order valence-corrected chi connectivity index (χ2v) is 8.43. The highest BCUT2D eigenvalue weighted by Gasteiger charge is 2.39. The Labute approximate surface area is 154 Å². The fourth-order valence-corrected chi connectivity index (χ4v) is 3.98. The predicted octanol–water partition coefficient (Wildman–Crippen LogP) is 0.964. The van der Waals surface area contributed by atoms with Gasteiger partial charge in [-0.1, -0.05) is 20.8 Å². The molecule has 8 nitrogen and oxygen atoms in total. The highest BCUT2D eigenvalue weighted by molar-refractivity contribution is 6.01. The van der Waals surface area contributed by atoms with Crippen molar-refractivity contribution in [3.05, 3.63) is 12.4 Å². The maximum absolute atomic E-state index is 12.6. The fourth-order valence-electron chi connectivity index (χ4n) is 3.98. The van der Waals surface area contributed by atoms with Crippen molar-refractivity contribution >= 4 is 17.6 Å². The number of aliphatic hydroxyl groups excluding tert-OH is 1. The number of nitrogens with one attached hydrogen (secondary N) is 1. The number of nitrogens with zero attached hydrogens (tertiary/aromatic N) is 4. The van der Waals surface area contributed by atoms with Crippen molar-refractivity contribution in [3.8, 4) is 0 Å². The standard InChI is InChI=1S/C18H29N5O3/c1-18(2,3)13-5-7-22(11-15(13)24)17(26)20-14-6-8-23(16(14)25)12-9-19-21(4)10-12/h9-10,13-15,24H,5-8,11H2,1-4H3,(H,20,26). The first kappa shape index (κ1) is 18.7. The molecule has 1 aromatic heterocycles. The monoisotopic (exact) mass is 363 g/mol. The number of urea groups is 1. The first-order valence-corrected chi connectivity index (χ1v) is 9.20. The summed E-state index contributed by atoms with van der Waals surface area (Å²) in [4.78, 5) is 28.4. The Hall–Kier alpha value is -2.09. The van der Waals surface area contributed by atoms with Gasteiger partial charge in [-0.25, -0.2) is 4.79 Å². The SMILES string of the molecule is Cn1cc(N2CCC(NC(=O)N3CCC(C(C)(C)C)C(O)C3)C2=O)cn1. The average Bonchev–Trinajstić information content (AvgIpc) is 3.12. The maximum Gasteiger partial charge on any atom is 0.318 e. The van der Waals surface area contributed by atoms with E-state index in [1.165, 1.54) is 0 Å². The Balaban J connectivity index is 1.57. The van der Waals surface area contributed by atoms with Crippen LogP contribution in [0.3, 0.4) is 0 Å². The number of aromatic nitrogens is 2. The average molecular weight is 363 g/mol. The number of piperidine rings is 1. The van der Waals surface area contributed by atoms with Gasteiger partial charge in [0.05, 0.1) is 18.0 Å². The molecular formula is C18H29N5O3. The van der Waals surface area contributed by atoms with E-state index in [0.717, 1.165) is 12.1 Å². The number of rotatable bonds is 2. The van der Waals surface area contributed by atoms with Gasteiger partial charge in [0.25, 0.3) is 0 Å². The summed E-state index contributed by atoms with van der Waals surface area (Å²) >= 11 is 0. The Bertz CT molecular complexity index is 681. The molecule has 0 bridgehead atoms. The molecule has 2 aliphatic heterocycles. The number of anilines is 1. The summed E-state index contributed by atoms with van der Waals surface area (Å²) in [6.45, 7) is 7.80. The van der Waals surface area contributed by atoms with Gasteiger partial charge in [0.1, 0.15) is 6.04 Å². The topological polar surface area (TPSA) is 90.7 Å². The quantitative estimate of drug-likeness (QED) is 0.819. The van der Waals surface area contributed by atoms with Crippen LogP contribution in [0.1, 0.15) is 33.6 Å². The molecule has 1 aromatic rings. The Morgan fingerprint density at radius 3 is 2.62 bits per heavy atom. The number of likely N-dealkylation sites (tertiary alicyclic amines) is 1. The van der Waals surface area contributed by atoms with E-state index >= 15 is 0 Å². The lowest BCUT2D eigenvalue weighted by atomic mass is 9.74. The van der Waals surface area contributed by atoms with E-state index < -0.39 is 12.1 Å². The van der Waals surface area contributed by atoms with Gasteiger partial charge < -0.3 is 20.2 Å². The third kappa shape index (κ3) is 3.70. The molecule has 144 valence electrons. The molecule has 0 aromatic carbocycles. The smallest absolute Gasteiger partial charge is 0.318 e. The third-order valence-corrected chi connectivity index (χ3v) is 5.49. The molecule has 2 saturated heterocycles. The molecule has 3 heterocycles. The summed E-state index contributed by atoms with van der Waals surface area (Å²) in [5, 5.41) is 17.3. The van der Waals surface area contributed by atoms with Gasteiger partial charge in [-0.05, 0) is 24.2 Å². The van der Waals surface area contributed by atoms with E-state index in [1.807, 2.05) is 0 Å². The number of carbonyl (C=O) groups excluding carboxylic acids is 2. The summed E-state index contributed by atoms with van der Waals surface area (Å²) < 4.78 is 1.65. The number of hydrogen-bond acceptors (Lipinski definition) is 4. The van der Waals surface area contributed by atoms with Crippen molar-refractivity contribution in [1.29, 1.82) is 0 Å². The molecule has 0 saturated carbocycles. The van der Waals surface area contributed by atoms with Crippen LogP contribution in [0.4, 0.5) is 10.5 Å². The maximum atomic E-state index is 12.6. The van der Waals surface area contributed by atoms with Crippen molar-refractivity contribution < 1.29 is 14.7 Å². The molecule has 8 heteroatoms. The summed E-state index contributed by atoms with van der Waals surface area (Å²) in [7, 11) is 1.80. The molecule has 3 rings (SSSR count). The first-order chi connectivity index (χ1) is 12.2. The van der Waals surface area contributed by atoms with Crippen LogP contribution in [-0.2, 0) is 11.8 Å². The van der Waals surface area contributed by atoms with Gasteiger partial charge >= 0.3 is 6.03 Å².